The molecule has 0 saturated heterocycles. The Bertz CT molecular complexity index is 942. The Kier molecular flexibility index (Phi) is 3.20. The van der Waals surface area contributed by atoms with Crippen LogP contribution in [0.1, 0.15) is 16.1 Å². The lowest BCUT2D eigenvalue weighted by atomic mass is 9.97. The van der Waals surface area contributed by atoms with Crippen molar-refractivity contribution < 1.29 is 15.0 Å². The summed E-state index contributed by atoms with van der Waals surface area (Å²) >= 11 is 0. The number of carboxylic acid groups (broad SMARTS) is 1. The minimum atomic E-state index is -1.21. The van der Waals surface area contributed by atoms with Gasteiger partial charge < -0.3 is 10.2 Å². The molecule has 106 valence electrons. The second kappa shape index (κ2) is 5.19. The highest BCUT2D eigenvalue weighted by molar-refractivity contribution is 6.00. The molecule has 0 radical (unpaired) electrons. The van der Waals surface area contributed by atoms with Crippen LogP contribution in [0.2, 0.25) is 0 Å². The van der Waals surface area contributed by atoms with E-state index in [2.05, 4.69) is 4.98 Å². The predicted octanol–water partition coefficient (Wildman–Crippen LogP) is 3.18. The van der Waals surface area contributed by atoms with Crippen LogP contribution in [-0.2, 0) is 0 Å². The van der Waals surface area contributed by atoms with E-state index in [1.165, 1.54) is 6.07 Å². The summed E-state index contributed by atoms with van der Waals surface area (Å²) in [5.74, 6) is -1.53. The third-order valence-corrected chi connectivity index (χ3v) is 3.39. The van der Waals surface area contributed by atoms with Gasteiger partial charge in [-0.05, 0) is 23.8 Å². The van der Waals surface area contributed by atoms with E-state index in [-0.39, 0.29) is 17.0 Å². The standard InChI is InChI=1S/C17H10N2O3/c18-9-10-8-14(11-4-1-2-7-15(11)19-10)12-5-3-6-13(16(12)20)17(21)22/h1-8,20H,(H,21,22). The van der Waals surface area contributed by atoms with Gasteiger partial charge in [0.2, 0.25) is 0 Å². The maximum atomic E-state index is 11.2. The summed E-state index contributed by atoms with van der Waals surface area (Å²) in [4.78, 5) is 15.4. The van der Waals surface area contributed by atoms with Gasteiger partial charge in [-0.25, -0.2) is 9.78 Å². The van der Waals surface area contributed by atoms with Crippen LogP contribution in [0.25, 0.3) is 22.0 Å². The number of aromatic carboxylic acids is 1. The molecule has 0 amide bonds. The Hall–Kier alpha value is -3.39. The summed E-state index contributed by atoms with van der Waals surface area (Å²) in [5.41, 5.74) is 1.56. The third-order valence-electron chi connectivity index (χ3n) is 3.39. The summed E-state index contributed by atoms with van der Waals surface area (Å²) in [6.45, 7) is 0. The van der Waals surface area contributed by atoms with Crippen molar-refractivity contribution in [3.63, 3.8) is 0 Å². The molecule has 1 aromatic heterocycles. The largest absolute Gasteiger partial charge is 0.506 e. The molecule has 22 heavy (non-hydrogen) atoms. The molecule has 3 rings (SSSR count). The topological polar surface area (TPSA) is 94.2 Å². The molecular weight excluding hydrogens is 280 g/mol. The van der Waals surface area contributed by atoms with Crippen molar-refractivity contribution >= 4 is 16.9 Å². The second-order valence-corrected chi connectivity index (χ2v) is 4.69. The van der Waals surface area contributed by atoms with Gasteiger partial charge in [0.05, 0.1) is 5.52 Å². The fourth-order valence-electron chi connectivity index (χ4n) is 2.39. The number of nitriles is 1. The second-order valence-electron chi connectivity index (χ2n) is 4.69. The number of hydrogen-bond donors (Lipinski definition) is 2. The van der Waals surface area contributed by atoms with Gasteiger partial charge in [0.1, 0.15) is 23.1 Å². The summed E-state index contributed by atoms with van der Waals surface area (Å²) < 4.78 is 0. The van der Waals surface area contributed by atoms with Crippen molar-refractivity contribution in [2.75, 3.05) is 0 Å². The average molecular weight is 290 g/mol. The minimum Gasteiger partial charge on any atom is -0.506 e. The highest BCUT2D eigenvalue weighted by Crippen LogP contribution is 2.36. The average Bonchev–Trinajstić information content (AvgIpc) is 2.53. The SMILES string of the molecule is N#Cc1cc(-c2cccc(C(=O)O)c2O)c2ccccc2n1. The van der Waals surface area contributed by atoms with E-state index in [9.17, 15) is 9.90 Å². The van der Waals surface area contributed by atoms with Gasteiger partial charge in [-0.1, -0.05) is 30.3 Å². The number of pyridine rings is 1. The van der Waals surface area contributed by atoms with Gasteiger partial charge >= 0.3 is 5.97 Å². The van der Waals surface area contributed by atoms with Crippen LogP contribution in [0.4, 0.5) is 0 Å². The Balaban J connectivity index is 2.38. The van der Waals surface area contributed by atoms with Crippen molar-refractivity contribution in [1.29, 1.82) is 5.26 Å². The molecule has 0 aliphatic heterocycles. The van der Waals surface area contributed by atoms with Crippen LogP contribution in [0, 0.1) is 11.3 Å². The molecule has 0 aliphatic carbocycles. The lowest BCUT2D eigenvalue weighted by molar-refractivity contribution is 0.0694. The third kappa shape index (κ3) is 2.13. The molecule has 2 aromatic carbocycles. The number of phenols is 1. The molecule has 3 aromatic rings. The van der Waals surface area contributed by atoms with Gasteiger partial charge in [0, 0.05) is 10.9 Å². The van der Waals surface area contributed by atoms with Crippen LogP contribution in [-0.4, -0.2) is 21.2 Å². The Labute approximate surface area is 125 Å². The summed E-state index contributed by atoms with van der Waals surface area (Å²) in [7, 11) is 0. The molecule has 0 fully saturated rings. The first kappa shape index (κ1) is 13.6. The normalized spacial score (nSPS) is 10.3. The molecule has 1 heterocycles. The van der Waals surface area contributed by atoms with E-state index in [0.29, 0.717) is 16.6 Å². The van der Waals surface area contributed by atoms with Crippen LogP contribution < -0.4 is 0 Å². The maximum absolute atomic E-state index is 11.2. The lowest BCUT2D eigenvalue weighted by Crippen LogP contribution is -1.98. The van der Waals surface area contributed by atoms with Crippen LogP contribution in [0.5, 0.6) is 5.75 Å². The minimum absolute atomic E-state index is 0.183. The number of hydrogen-bond acceptors (Lipinski definition) is 4. The fourth-order valence-corrected chi connectivity index (χ4v) is 2.39. The smallest absolute Gasteiger partial charge is 0.339 e. The maximum Gasteiger partial charge on any atom is 0.339 e. The molecule has 5 heteroatoms. The number of aromatic hydroxyl groups is 1. The monoisotopic (exact) mass is 290 g/mol. The Morgan fingerprint density at radius 1 is 1.09 bits per heavy atom. The molecule has 2 N–H and O–H groups in total. The van der Waals surface area contributed by atoms with Crippen molar-refractivity contribution in [2.24, 2.45) is 0 Å². The van der Waals surface area contributed by atoms with Crippen molar-refractivity contribution in [3.05, 3.63) is 59.8 Å². The number of carbonyl (C=O) groups is 1. The van der Waals surface area contributed by atoms with Crippen molar-refractivity contribution in [3.8, 4) is 22.9 Å². The van der Waals surface area contributed by atoms with E-state index in [4.69, 9.17) is 10.4 Å². The summed E-state index contributed by atoms with van der Waals surface area (Å²) in [6, 6.07) is 15.2. The molecule has 5 nitrogen and oxygen atoms in total. The molecule has 0 bridgehead atoms. The zero-order chi connectivity index (χ0) is 15.7. The van der Waals surface area contributed by atoms with E-state index in [1.807, 2.05) is 18.2 Å². The summed E-state index contributed by atoms with van der Waals surface area (Å²) in [6.07, 6.45) is 0. The van der Waals surface area contributed by atoms with Crippen LogP contribution in [0.3, 0.4) is 0 Å². The van der Waals surface area contributed by atoms with E-state index < -0.39 is 5.97 Å². The molecule has 0 spiro atoms. The van der Waals surface area contributed by atoms with Crippen molar-refractivity contribution in [2.45, 2.75) is 0 Å². The number of para-hydroxylation sites is 2. The number of aromatic nitrogens is 1. The molecule has 0 atom stereocenters. The first-order valence-corrected chi connectivity index (χ1v) is 6.47. The van der Waals surface area contributed by atoms with Gasteiger partial charge in [-0.15, -0.1) is 0 Å². The van der Waals surface area contributed by atoms with Gasteiger partial charge in [-0.2, -0.15) is 5.26 Å². The molecular formula is C17H10N2O3. The number of benzene rings is 2. The Morgan fingerprint density at radius 2 is 1.86 bits per heavy atom. The number of rotatable bonds is 2. The van der Waals surface area contributed by atoms with Gasteiger partial charge in [0.25, 0.3) is 0 Å². The highest BCUT2D eigenvalue weighted by atomic mass is 16.4. The predicted molar refractivity (Wildman–Crippen MR) is 80.5 cm³/mol. The summed E-state index contributed by atoms with van der Waals surface area (Å²) in [5, 5.41) is 29.2. The molecule has 0 unspecified atom stereocenters. The van der Waals surface area contributed by atoms with Crippen LogP contribution in [0.15, 0.2) is 48.5 Å². The van der Waals surface area contributed by atoms with Gasteiger partial charge in [0.15, 0.2) is 0 Å². The zero-order valence-electron chi connectivity index (χ0n) is 11.3. The molecule has 0 aliphatic rings. The van der Waals surface area contributed by atoms with E-state index in [1.54, 1.807) is 30.3 Å². The van der Waals surface area contributed by atoms with E-state index in [0.717, 1.165) is 5.39 Å². The molecule has 0 saturated carbocycles. The number of carboxylic acids is 1. The number of nitrogens with zero attached hydrogens (tertiary/aromatic N) is 2. The first-order valence-electron chi connectivity index (χ1n) is 6.47. The fraction of sp³-hybridized carbons (Fsp3) is 0. The number of fused-ring (bicyclic) bond motifs is 1. The zero-order valence-corrected chi connectivity index (χ0v) is 11.3. The lowest BCUT2D eigenvalue weighted by Gasteiger charge is -2.10. The van der Waals surface area contributed by atoms with Crippen LogP contribution >= 0.6 is 0 Å². The van der Waals surface area contributed by atoms with Crippen molar-refractivity contribution in [1.82, 2.24) is 4.98 Å². The Morgan fingerprint density at radius 3 is 2.59 bits per heavy atom. The highest BCUT2D eigenvalue weighted by Gasteiger charge is 2.16. The quantitative estimate of drug-likeness (QED) is 0.756. The van der Waals surface area contributed by atoms with E-state index >= 15 is 0 Å². The first-order chi connectivity index (χ1) is 10.6. The van der Waals surface area contributed by atoms with Gasteiger partial charge in [-0.3, -0.25) is 0 Å².